The van der Waals surface area contributed by atoms with Gasteiger partial charge in [0.2, 0.25) is 0 Å². The van der Waals surface area contributed by atoms with Crippen LogP contribution in [0.25, 0.3) is 0 Å². The van der Waals surface area contributed by atoms with Gasteiger partial charge in [0.1, 0.15) is 0 Å². The molecule has 0 heterocycles. The van der Waals surface area contributed by atoms with Crippen LogP contribution in [0, 0.1) is 0 Å². The van der Waals surface area contributed by atoms with Gasteiger partial charge in [0.25, 0.3) is 0 Å². The van der Waals surface area contributed by atoms with Crippen molar-refractivity contribution in [3.05, 3.63) is 11.8 Å². The first-order valence-electron chi connectivity index (χ1n) is 4.44. The van der Waals surface area contributed by atoms with Crippen LogP contribution in [0.2, 0.25) is 13.1 Å². The van der Waals surface area contributed by atoms with Gasteiger partial charge in [-0.15, -0.1) is 5.70 Å². The van der Waals surface area contributed by atoms with Crippen LogP contribution in [-0.4, -0.2) is 8.32 Å². The quantitative estimate of drug-likeness (QED) is 0.432. The van der Waals surface area contributed by atoms with E-state index >= 15 is 0 Å². The minimum Gasteiger partial charge on any atom is -0.856 e. The zero-order valence-corrected chi connectivity index (χ0v) is 13.0. The average molecular weight is 210 g/mol. The number of allylic oxidation sites excluding steroid dienone is 1. The normalized spacial score (nSPS) is 11.7. The van der Waals surface area contributed by atoms with Gasteiger partial charge in [-0.3, -0.25) is 0 Å². The minimum atomic E-state index is -2.15. The van der Waals surface area contributed by atoms with Crippen molar-refractivity contribution in [2.75, 3.05) is 0 Å². The summed E-state index contributed by atoms with van der Waals surface area (Å²) in [5.41, 5.74) is 1.89. The van der Waals surface area contributed by atoms with Crippen molar-refractivity contribution in [1.29, 1.82) is 0 Å². The Morgan fingerprint density at radius 2 is 1.83 bits per heavy atom. The molecular formula is C9H19KOSi. The molecular weight excluding hydrogens is 191 g/mol. The molecule has 0 aromatic heterocycles. The van der Waals surface area contributed by atoms with E-state index < -0.39 is 8.32 Å². The van der Waals surface area contributed by atoms with E-state index in [9.17, 15) is 4.80 Å². The van der Waals surface area contributed by atoms with Gasteiger partial charge in [-0.05, 0) is 21.2 Å². The van der Waals surface area contributed by atoms with E-state index in [1.807, 2.05) is 18.8 Å². The molecule has 0 aliphatic heterocycles. The van der Waals surface area contributed by atoms with Crippen molar-refractivity contribution in [3.8, 4) is 0 Å². The molecule has 3 heteroatoms. The first-order valence-corrected chi connectivity index (χ1v) is 7.43. The molecule has 66 valence electrons. The second kappa shape index (κ2) is 9.12. The maximum atomic E-state index is 11.2. The first kappa shape index (κ1) is 16.0. The van der Waals surface area contributed by atoms with E-state index in [1.165, 1.54) is 19.3 Å². The molecule has 0 N–H and O–H groups in total. The molecule has 0 bridgehead atoms. The standard InChI is InChI=1S/C9H19OSi.K/c1-4-5-6-7-8-9-11(2,3)10;/h8-9H,4-7H2,1-3H3;/q-1;+1/b9-8-;. The number of rotatable bonds is 5. The summed E-state index contributed by atoms with van der Waals surface area (Å²) in [4.78, 5) is 11.2. The Balaban J connectivity index is 0. The Kier molecular flexibility index (Phi) is 12.2. The van der Waals surface area contributed by atoms with Crippen LogP contribution in [0.3, 0.4) is 0 Å². The topological polar surface area (TPSA) is 23.1 Å². The molecule has 0 aliphatic rings. The molecule has 12 heavy (non-hydrogen) atoms. The minimum absolute atomic E-state index is 0. The van der Waals surface area contributed by atoms with Crippen LogP contribution in [0.1, 0.15) is 32.6 Å². The van der Waals surface area contributed by atoms with E-state index in [4.69, 9.17) is 0 Å². The van der Waals surface area contributed by atoms with Crippen LogP contribution in [-0.2, 0) is 0 Å². The maximum Gasteiger partial charge on any atom is 1.00 e. The van der Waals surface area contributed by atoms with Gasteiger partial charge < -0.3 is 4.80 Å². The van der Waals surface area contributed by atoms with E-state index in [1.54, 1.807) is 0 Å². The Morgan fingerprint density at radius 3 is 2.25 bits per heavy atom. The second-order valence-electron chi connectivity index (χ2n) is 3.50. The Bertz CT molecular complexity index is 118. The van der Waals surface area contributed by atoms with Crippen LogP contribution in [0.15, 0.2) is 11.8 Å². The SMILES string of the molecule is CCCCC/C=C\[Si](C)(C)[O-].[K+]. The molecule has 1 nitrogen and oxygen atoms in total. The predicted octanol–water partition coefficient (Wildman–Crippen LogP) is -0.768. The third-order valence-electron chi connectivity index (χ3n) is 1.49. The molecule has 0 saturated carbocycles. The van der Waals surface area contributed by atoms with Gasteiger partial charge >= 0.3 is 51.4 Å². The average Bonchev–Trinajstić information content (AvgIpc) is 1.85. The van der Waals surface area contributed by atoms with E-state index in [-0.39, 0.29) is 51.4 Å². The van der Waals surface area contributed by atoms with E-state index in [2.05, 4.69) is 13.0 Å². The second-order valence-corrected chi connectivity index (χ2v) is 7.04. The maximum absolute atomic E-state index is 11.2. The number of hydrogen-bond donors (Lipinski definition) is 0. The van der Waals surface area contributed by atoms with E-state index in [0.29, 0.717) is 0 Å². The largest absolute Gasteiger partial charge is 1.00 e. The Morgan fingerprint density at radius 1 is 1.25 bits per heavy atom. The summed E-state index contributed by atoms with van der Waals surface area (Å²) in [5.74, 6) is 0. The van der Waals surface area contributed by atoms with Gasteiger partial charge in [-0.2, -0.15) is 0 Å². The first-order chi connectivity index (χ1) is 5.06. The summed E-state index contributed by atoms with van der Waals surface area (Å²) in [7, 11) is -2.15. The van der Waals surface area contributed by atoms with Crippen LogP contribution >= 0.6 is 0 Å². The molecule has 0 amide bonds. The Labute approximate surface area is 120 Å². The fourth-order valence-electron chi connectivity index (χ4n) is 0.879. The molecule has 0 fully saturated rings. The molecule has 0 rings (SSSR count). The molecule has 0 aromatic rings. The summed E-state index contributed by atoms with van der Waals surface area (Å²) in [6, 6.07) is 0. The van der Waals surface area contributed by atoms with Gasteiger partial charge in [0.15, 0.2) is 0 Å². The fraction of sp³-hybridized carbons (Fsp3) is 0.778. The summed E-state index contributed by atoms with van der Waals surface area (Å²) in [5, 5.41) is 0. The molecule has 0 saturated heterocycles. The monoisotopic (exact) mass is 210 g/mol. The third-order valence-corrected chi connectivity index (χ3v) is 2.53. The predicted molar refractivity (Wildman–Crippen MR) is 50.8 cm³/mol. The summed E-state index contributed by atoms with van der Waals surface area (Å²) >= 11 is 0. The zero-order valence-electron chi connectivity index (χ0n) is 8.89. The van der Waals surface area contributed by atoms with Crippen molar-refractivity contribution < 1.29 is 56.2 Å². The van der Waals surface area contributed by atoms with Crippen LogP contribution in [0.4, 0.5) is 0 Å². The van der Waals surface area contributed by atoms with Gasteiger partial charge in [-0.1, -0.05) is 38.9 Å². The van der Waals surface area contributed by atoms with Crippen molar-refractivity contribution in [2.24, 2.45) is 0 Å². The van der Waals surface area contributed by atoms with Crippen molar-refractivity contribution >= 4 is 8.32 Å². The van der Waals surface area contributed by atoms with Crippen LogP contribution in [0.5, 0.6) is 0 Å². The summed E-state index contributed by atoms with van der Waals surface area (Å²) in [6.07, 6.45) is 6.93. The van der Waals surface area contributed by atoms with Gasteiger partial charge in [-0.25, -0.2) is 0 Å². The van der Waals surface area contributed by atoms with Crippen LogP contribution < -0.4 is 56.2 Å². The molecule has 0 aliphatic carbocycles. The molecule has 0 atom stereocenters. The third kappa shape index (κ3) is 14.1. The summed E-state index contributed by atoms with van der Waals surface area (Å²) < 4.78 is 0. The van der Waals surface area contributed by atoms with Crippen molar-refractivity contribution in [2.45, 2.75) is 45.7 Å². The number of unbranched alkanes of at least 4 members (excludes halogenated alkanes) is 3. The smallest absolute Gasteiger partial charge is 0.856 e. The molecule has 0 radical (unpaired) electrons. The fourth-order valence-corrected chi connectivity index (χ4v) is 1.61. The Hall–Kier alpha value is 1.55. The van der Waals surface area contributed by atoms with Crippen molar-refractivity contribution in [3.63, 3.8) is 0 Å². The van der Waals surface area contributed by atoms with E-state index in [0.717, 1.165) is 6.42 Å². The molecule has 0 unspecified atom stereocenters. The van der Waals surface area contributed by atoms with Gasteiger partial charge in [0, 0.05) is 0 Å². The van der Waals surface area contributed by atoms with Crippen molar-refractivity contribution in [1.82, 2.24) is 0 Å². The zero-order chi connectivity index (χ0) is 8.74. The molecule has 0 aromatic carbocycles. The van der Waals surface area contributed by atoms with Gasteiger partial charge in [0.05, 0.1) is 0 Å². The number of hydrogen-bond acceptors (Lipinski definition) is 1. The molecule has 0 spiro atoms. The summed E-state index contributed by atoms with van der Waals surface area (Å²) in [6.45, 7) is 5.84.